The molecule has 23 heavy (non-hydrogen) atoms. The van der Waals surface area contributed by atoms with E-state index in [2.05, 4.69) is 36.2 Å². The Balaban J connectivity index is 1.47. The fraction of sp³-hybridized carbons (Fsp3) is 0.684. The number of hydrogen-bond donors (Lipinski definition) is 1. The van der Waals surface area contributed by atoms with Crippen molar-refractivity contribution in [2.45, 2.75) is 50.8 Å². The van der Waals surface area contributed by atoms with E-state index in [0.717, 1.165) is 25.4 Å². The molecule has 1 aromatic rings. The van der Waals surface area contributed by atoms with Crippen LogP contribution in [0.3, 0.4) is 0 Å². The maximum Gasteiger partial charge on any atom is 0.118 e. The van der Waals surface area contributed by atoms with Crippen LogP contribution in [0.2, 0.25) is 0 Å². The zero-order valence-corrected chi connectivity index (χ0v) is 14.6. The van der Waals surface area contributed by atoms with Crippen LogP contribution in [0.1, 0.15) is 38.2 Å². The molecule has 0 saturated carbocycles. The summed E-state index contributed by atoms with van der Waals surface area (Å²) in [6.07, 6.45) is 2.97. The van der Waals surface area contributed by atoms with Gasteiger partial charge in [-0.1, -0.05) is 19.1 Å². The van der Waals surface area contributed by atoms with Crippen molar-refractivity contribution >= 4 is 0 Å². The standard InChI is InChI=1S/C19H30N2O2/c1-14(16-6-8-18(22-3)9-7-16)15(2)20-11-19-12-21-10-4-5-17(21)13-23-19/h6-9,14-15,17,19-20H,4-5,10-13H2,1-3H3/t14-,15+,17-,19-/m1/s1. The van der Waals surface area contributed by atoms with E-state index >= 15 is 0 Å². The highest BCUT2D eigenvalue weighted by molar-refractivity contribution is 5.29. The predicted molar refractivity (Wildman–Crippen MR) is 93.2 cm³/mol. The van der Waals surface area contributed by atoms with Crippen LogP contribution in [0.5, 0.6) is 5.75 Å². The van der Waals surface area contributed by atoms with Gasteiger partial charge in [0.15, 0.2) is 0 Å². The molecule has 0 bridgehead atoms. The summed E-state index contributed by atoms with van der Waals surface area (Å²) >= 11 is 0. The Kier molecular flexibility index (Phi) is 5.57. The van der Waals surface area contributed by atoms with Gasteiger partial charge >= 0.3 is 0 Å². The van der Waals surface area contributed by atoms with Gasteiger partial charge in [-0.05, 0) is 49.9 Å². The third-order valence-corrected chi connectivity index (χ3v) is 5.52. The predicted octanol–water partition coefficient (Wildman–Crippen LogP) is 2.64. The maximum absolute atomic E-state index is 6.04. The Labute approximate surface area is 140 Å². The molecular weight excluding hydrogens is 288 g/mol. The van der Waals surface area contributed by atoms with Crippen LogP contribution in [0.4, 0.5) is 0 Å². The topological polar surface area (TPSA) is 33.7 Å². The second-order valence-electron chi connectivity index (χ2n) is 7.01. The summed E-state index contributed by atoms with van der Waals surface area (Å²) in [7, 11) is 1.71. The number of rotatable bonds is 6. The van der Waals surface area contributed by atoms with Gasteiger partial charge in [-0.25, -0.2) is 0 Å². The lowest BCUT2D eigenvalue weighted by Crippen LogP contribution is -2.50. The highest BCUT2D eigenvalue weighted by atomic mass is 16.5. The molecule has 4 heteroatoms. The first kappa shape index (κ1) is 16.7. The second kappa shape index (κ2) is 7.65. The van der Waals surface area contributed by atoms with Gasteiger partial charge < -0.3 is 14.8 Å². The number of fused-ring (bicyclic) bond motifs is 1. The van der Waals surface area contributed by atoms with Gasteiger partial charge in [-0.3, -0.25) is 4.90 Å². The molecule has 3 rings (SSSR count). The smallest absolute Gasteiger partial charge is 0.118 e. The van der Waals surface area contributed by atoms with Crippen LogP contribution in [0.25, 0.3) is 0 Å². The van der Waals surface area contributed by atoms with Crippen molar-refractivity contribution in [2.75, 3.05) is 33.4 Å². The summed E-state index contributed by atoms with van der Waals surface area (Å²) in [6, 6.07) is 9.50. The van der Waals surface area contributed by atoms with Gasteiger partial charge in [0.05, 0.1) is 19.8 Å². The maximum atomic E-state index is 6.04. The van der Waals surface area contributed by atoms with Crippen molar-refractivity contribution in [3.63, 3.8) is 0 Å². The summed E-state index contributed by atoms with van der Waals surface area (Å²) in [5.74, 6) is 1.38. The molecule has 0 radical (unpaired) electrons. The number of morpholine rings is 1. The van der Waals surface area contributed by atoms with Gasteiger partial charge in [0.25, 0.3) is 0 Å². The van der Waals surface area contributed by atoms with Crippen molar-refractivity contribution in [1.29, 1.82) is 0 Å². The number of methoxy groups -OCH3 is 1. The van der Waals surface area contributed by atoms with Gasteiger partial charge in [0, 0.05) is 25.2 Å². The van der Waals surface area contributed by atoms with Gasteiger partial charge in [-0.2, -0.15) is 0 Å². The summed E-state index contributed by atoms with van der Waals surface area (Å²) in [4.78, 5) is 2.60. The van der Waals surface area contributed by atoms with E-state index in [1.807, 2.05) is 12.1 Å². The van der Waals surface area contributed by atoms with Gasteiger partial charge in [0.2, 0.25) is 0 Å². The quantitative estimate of drug-likeness (QED) is 0.874. The lowest BCUT2D eigenvalue weighted by atomic mass is 9.94. The van der Waals surface area contributed by atoms with Crippen molar-refractivity contribution in [1.82, 2.24) is 10.2 Å². The summed E-state index contributed by atoms with van der Waals surface area (Å²) in [6.45, 7) is 8.72. The average molecular weight is 318 g/mol. The number of hydrogen-bond acceptors (Lipinski definition) is 4. The first-order valence-corrected chi connectivity index (χ1v) is 8.90. The van der Waals surface area contributed by atoms with Gasteiger partial charge in [0.1, 0.15) is 5.75 Å². The minimum Gasteiger partial charge on any atom is -0.497 e. The van der Waals surface area contributed by atoms with Crippen molar-refractivity contribution in [3.8, 4) is 5.75 Å². The summed E-state index contributed by atoms with van der Waals surface area (Å²) in [5.41, 5.74) is 1.34. The molecule has 2 heterocycles. The number of benzene rings is 1. The lowest BCUT2D eigenvalue weighted by Gasteiger charge is -2.36. The van der Waals surface area contributed by atoms with Crippen molar-refractivity contribution in [3.05, 3.63) is 29.8 Å². The minimum atomic E-state index is 0.329. The van der Waals surface area contributed by atoms with E-state index in [1.54, 1.807) is 7.11 Å². The Morgan fingerprint density at radius 2 is 2.09 bits per heavy atom. The van der Waals surface area contributed by atoms with E-state index in [-0.39, 0.29) is 0 Å². The minimum absolute atomic E-state index is 0.329. The molecule has 2 aliphatic rings. The Bertz CT molecular complexity index is 491. The van der Waals surface area contributed by atoms with Crippen LogP contribution >= 0.6 is 0 Å². The molecule has 128 valence electrons. The molecule has 0 amide bonds. The SMILES string of the molecule is COc1ccc([C@H](C)[C@H](C)NC[C@@H]2CN3CCC[C@@H]3CO2)cc1. The fourth-order valence-electron chi connectivity index (χ4n) is 3.70. The van der Waals surface area contributed by atoms with Crippen LogP contribution in [0, 0.1) is 0 Å². The third kappa shape index (κ3) is 4.06. The van der Waals surface area contributed by atoms with Crippen LogP contribution in [-0.4, -0.2) is 56.4 Å². The number of nitrogens with zero attached hydrogens (tertiary/aromatic N) is 1. The molecule has 2 aliphatic heterocycles. The Morgan fingerprint density at radius 1 is 1.30 bits per heavy atom. The molecule has 4 nitrogen and oxygen atoms in total. The van der Waals surface area contributed by atoms with Gasteiger partial charge in [-0.15, -0.1) is 0 Å². The molecule has 0 aliphatic carbocycles. The third-order valence-electron chi connectivity index (χ3n) is 5.52. The van der Waals surface area contributed by atoms with Crippen LogP contribution in [0.15, 0.2) is 24.3 Å². The van der Waals surface area contributed by atoms with E-state index < -0.39 is 0 Å². The summed E-state index contributed by atoms with van der Waals surface area (Å²) < 4.78 is 11.3. The molecule has 1 aromatic carbocycles. The van der Waals surface area contributed by atoms with Crippen LogP contribution < -0.4 is 10.1 Å². The zero-order valence-electron chi connectivity index (χ0n) is 14.6. The van der Waals surface area contributed by atoms with Crippen molar-refractivity contribution < 1.29 is 9.47 Å². The van der Waals surface area contributed by atoms with Crippen LogP contribution in [-0.2, 0) is 4.74 Å². The average Bonchev–Trinajstić information content (AvgIpc) is 3.06. The fourth-order valence-corrected chi connectivity index (χ4v) is 3.70. The zero-order chi connectivity index (χ0) is 16.2. The normalized spacial score (nSPS) is 27.4. The molecule has 1 N–H and O–H groups in total. The molecule has 2 fully saturated rings. The first-order chi connectivity index (χ1) is 11.2. The lowest BCUT2D eigenvalue weighted by molar-refractivity contribution is -0.0478. The highest BCUT2D eigenvalue weighted by Gasteiger charge is 2.32. The molecule has 0 spiro atoms. The number of ether oxygens (including phenoxy) is 2. The highest BCUT2D eigenvalue weighted by Crippen LogP contribution is 2.24. The molecule has 4 atom stereocenters. The van der Waals surface area contributed by atoms with Crippen molar-refractivity contribution in [2.24, 2.45) is 0 Å². The molecule has 0 aromatic heterocycles. The monoisotopic (exact) mass is 318 g/mol. The largest absolute Gasteiger partial charge is 0.497 e. The number of nitrogens with one attached hydrogen (secondary N) is 1. The Hall–Kier alpha value is -1.10. The second-order valence-corrected chi connectivity index (χ2v) is 7.01. The van der Waals surface area contributed by atoms with E-state index in [0.29, 0.717) is 24.1 Å². The van der Waals surface area contributed by atoms with E-state index in [4.69, 9.17) is 9.47 Å². The molecule has 0 unspecified atom stereocenters. The van der Waals surface area contributed by atoms with E-state index in [1.165, 1.54) is 24.9 Å². The summed E-state index contributed by atoms with van der Waals surface area (Å²) in [5, 5.41) is 3.68. The molecule has 2 saturated heterocycles. The first-order valence-electron chi connectivity index (χ1n) is 8.90. The molecular formula is C19H30N2O2. The van der Waals surface area contributed by atoms with E-state index in [9.17, 15) is 0 Å². The Morgan fingerprint density at radius 3 is 2.83 bits per heavy atom.